The van der Waals surface area contributed by atoms with Gasteiger partial charge < -0.3 is 4.74 Å². The van der Waals surface area contributed by atoms with E-state index in [-0.39, 0.29) is 6.10 Å². The van der Waals surface area contributed by atoms with Crippen molar-refractivity contribution >= 4 is 0 Å². The highest BCUT2D eigenvalue weighted by molar-refractivity contribution is 5.16. The third-order valence-corrected chi connectivity index (χ3v) is 2.07. The van der Waals surface area contributed by atoms with Crippen LogP contribution in [0.2, 0.25) is 0 Å². The van der Waals surface area contributed by atoms with Gasteiger partial charge in [0.1, 0.15) is 6.73 Å². The molecule has 1 aliphatic carbocycles. The van der Waals surface area contributed by atoms with E-state index >= 15 is 0 Å². The predicted molar refractivity (Wildman–Crippen MR) is 42.4 cm³/mol. The standard InChI is InChI=1S/C8H12N2O/c9-10-5-7-3-1-2-4-8(7)11-6-10/h1-4,7-8H,5-6,9H2. The van der Waals surface area contributed by atoms with Gasteiger partial charge in [0.05, 0.1) is 6.10 Å². The first-order valence-corrected chi connectivity index (χ1v) is 3.82. The van der Waals surface area contributed by atoms with Crippen molar-refractivity contribution in [3.63, 3.8) is 0 Å². The van der Waals surface area contributed by atoms with Crippen molar-refractivity contribution < 1.29 is 4.74 Å². The summed E-state index contributed by atoms with van der Waals surface area (Å²) >= 11 is 0. The number of fused-ring (bicyclic) bond motifs is 1. The predicted octanol–water partition coefficient (Wildman–Crippen LogP) is 0.261. The van der Waals surface area contributed by atoms with Gasteiger partial charge in [-0.25, -0.2) is 5.01 Å². The Balaban J connectivity index is 2.07. The van der Waals surface area contributed by atoms with Crippen molar-refractivity contribution in [3.05, 3.63) is 24.3 Å². The van der Waals surface area contributed by atoms with Gasteiger partial charge in [0, 0.05) is 12.5 Å². The van der Waals surface area contributed by atoms with Gasteiger partial charge in [-0.1, -0.05) is 24.3 Å². The van der Waals surface area contributed by atoms with Crippen molar-refractivity contribution in [1.29, 1.82) is 0 Å². The summed E-state index contributed by atoms with van der Waals surface area (Å²) in [5.41, 5.74) is 0. The largest absolute Gasteiger partial charge is 0.357 e. The molecule has 0 spiro atoms. The molecule has 3 heteroatoms. The normalized spacial score (nSPS) is 37.2. The number of hydrogen-bond acceptors (Lipinski definition) is 3. The number of hydrazine groups is 1. The van der Waals surface area contributed by atoms with Crippen LogP contribution in [0.3, 0.4) is 0 Å². The van der Waals surface area contributed by atoms with Gasteiger partial charge in [-0.05, 0) is 0 Å². The van der Waals surface area contributed by atoms with Crippen molar-refractivity contribution in [1.82, 2.24) is 5.01 Å². The Morgan fingerprint density at radius 2 is 2.18 bits per heavy atom. The van der Waals surface area contributed by atoms with Crippen LogP contribution in [-0.4, -0.2) is 24.4 Å². The van der Waals surface area contributed by atoms with Gasteiger partial charge in [0.15, 0.2) is 0 Å². The molecule has 0 bridgehead atoms. The number of nitrogens with zero attached hydrogens (tertiary/aromatic N) is 1. The van der Waals surface area contributed by atoms with Crippen LogP contribution in [0.4, 0.5) is 0 Å². The number of allylic oxidation sites excluding steroid dienone is 2. The zero-order valence-corrected chi connectivity index (χ0v) is 6.31. The average Bonchev–Trinajstić information content (AvgIpc) is 2.04. The highest BCUT2D eigenvalue weighted by Gasteiger charge is 2.25. The van der Waals surface area contributed by atoms with Gasteiger partial charge in [-0.15, -0.1) is 0 Å². The summed E-state index contributed by atoms with van der Waals surface area (Å²) in [7, 11) is 0. The Kier molecular flexibility index (Phi) is 1.77. The number of rotatable bonds is 0. The lowest BCUT2D eigenvalue weighted by Gasteiger charge is -2.34. The molecule has 60 valence electrons. The second-order valence-corrected chi connectivity index (χ2v) is 2.97. The highest BCUT2D eigenvalue weighted by Crippen LogP contribution is 2.20. The minimum absolute atomic E-state index is 0.250. The molecule has 2 atom stereocenters. The maximum absolute atomic E-state index is 5.59. The first-order chi connectivity index (χ1) is 5.36. The van der Waals surface area contributed by atoms with Crippen molar-refractivity contribution in [3.8, 4) is 0 Å². The summed E-state index contributed by atoms with van der Waals surface area (Å²) in [4.78, 5) is 0. The Bertz CT molecular complexity index is 200. The van der Waals surface area contributed by atoms with Crippen LogP contribution in [0.15, 0.2) is 24.3 Å². The molecule has 0 aromatic carbocycles. The third-order valence-electron chi connectivity index (χ3n) is 2.07. The molecule has 1 heterocycles. The molecule has 0 amide bonds. The first-order valence-electron chi connectivity index (χ1n) is 3.82. The van der Waals surface area contributed by atoms with E-state index in [4.69, 9.17) is 10.6 Å². The van der Waals surface area contributed by atoms with Crippen LogP contribution in [0.25, 0.3) is 0 Å². The van der Waals surface area contributed by atoms with Crippen LogP contribution in [0.1, 0.15) is 0 Å². The lowest BCUT2D eigenvalue weighted by atomic mass is 9.96. The van der Waals surface area contributed by atoms with Crippen LogP contribution in [0.5, 0.6) is 0 Å². The molecule has 1 fully saturated rings. The summed E-state index contributed by atoms with van der Waals surface area (Å²) in [6, 6.07) is 0. The van der Waals surface area contributed by atoms with Crippen molar-refractivity contribution in [2.24, 2.45) is 11.8 Å². The van der Waals surface area contributed by atoms with E-state index in [0.717, 1.165) is 6.54 Å². The summed E-state index contributed by atoms with van der Waals surface area (Å²) in [5.74, 6) is 6.04. The Labute approximate surface area is 66.1 Å². The van der Waals surface area contributed by atoms with E-state index in [9.17, 15) is 0 Å². The van der Waals surface area contributed by atoms with Gasteiger partial charge in [0.2, 0.25) is 0 Å². The highest BCUT2D eigenvalue weighted by atomic mass is 16.5. The minimum atomic E-state index is 0.250. The number of nitrogens with two attached hydrogens (primary N) is 1. The molecule has 2 aliphatic rings. The summed E-state index contributed by atoms with van der Waals surface area (Å²) in [6.07, 6.45) is 8.54. The van der Waals surface area contributed by atoms with E-state index in [0.29, 0.717) is 12.6 Å². The molecule has 0 saturated carbocycles. The van der Waals surface area contributed by atoms with Crippen LogP contribution < -0.4 is 5.84 Å². The lowest BCUT2D eigenvalue weighted by molar-refractivity contribution is -0.0709. The van der Waals surface area contributed by atoms with E-state index in [1.807, 2.05) is 12.2 Å². The number of ether oxygens (including phenoxy) is 1. The molecule has 2 unspecified atom stereocenters. The molecule has 2 rings (SSSR count). The smallest absolute Gasteiger partial charge is 0.112 e. The fourth-order valence-electron chi connectivity index (χ4n) is 1.48. The number of hydrogen-bond donors (Lipinski definition) is 1. The molecule has 0 radical (unpaired) electrons. The average molecular weight is 152 g/mol. The Morgan fingerprint density at radius 1 is 1.36 bits per heavy atom. The van der Waals surface area contributed by atoms with Gasteiger partial charge in [0.25, 0.3) is 0 Å². The molecule has 3 nitrogen and oxygen atoms in total. The second-order valence-electron chi connectivity index (χ2n) is 2.97. The van der Waals surface area contributed by atoms with Crippen LogP contribution in [0, 0.1) is 5.92 Å². The van der Waals surface area contributed by atoms with E-state index < -0.39 is 0 Å². The molecule has 2 N–H and O–H groups in total. The van der Waals surface area contributed by atoms with E-state index in [2.05, 4.69) is 12.2 Å². The summed E-state index contributed by atoms with van der Waals surface area (Å²) in [5, 5.41) is 1.70. The van der Waals surface area contributed by atoms with Crippen LogP contribution >= 0.6 is 0 Å². The quantitative estimate of drug-likeness (QED) is 0.506. The van der Waals surface area contributed by atoms with E-state index in [1.54, 1.807) is 5.01 Å². The summed E-state index contributed by atoms with van der Waals surface area (Å²) < 4.78 is 5.46. The molecule has 0 aromatic rings. The minimum Gasteiger partial charge on any atom is -0.357 e. The maximum atomic E-state index is 5.59. The zero-order chi connectivity index (χ0) is 7.68. The molecule has 1 aliphatic heterocycles. The molecule has 1 saturated heterocycles. The SMILES string of the molecule is NN1COC2C=CC=CC2C1. The van der Waals surface area contributed by atoms with Crippen molar-refractivity contribution in [2.45, 2.75) is 6.10 Å². The topological polar surface area (TPSA) is 38.5 Å². The zero-order valence-electron chi connectivity index (χ0n) is 6.31. The second kappa shape index (κ2) is 2.77. The third kappa shape index (κ3) is 1.35. The molecule has 0 aromatic heterocycles. The fourth-order valence-corrected chi connectivity index (χ4v) is 1.48. The van der Waals surface area contributed by atoms with Crippen molar-refractivity contribution in [2.75, 3.05) is 13.3 Å². The Hall–Kier alpha value is -0.640. The molecular formula is C8H12N2O. The fraction of sp³-hybridized carbons (Fsp3) is 0.500. The van der Waals surface area contributed by atoms with Gasteiger partial charge >= 0.3 is 0 Å². The maximum Gasteiger partial charge on any atom is 0.112 e. The first kappa shape index (κ1) is 7.03. The van der Waals surface area contributed by atoms with E-state index in [1.165, 1.54) is 0 Å². The Morgan fingerprint density at radius 3 is 3.09 bits per heavy atom. The van der Waals surface area contributed by atoms with Gasteiger partial charge in [-0.3, -0.25) is 5.84 Å². The van der Waals surface area contributed by atoms with Gasteiger partial charge in [-0.2, -0.15) is 0 Å². The van der Waals surface area contributed by atoms with Crippen LogP contribution in [-0.2, 0) is 4.74 Å². The summed E-state index contributed by atoms with van der Waals surface area (Å²) in [6.45, 7) is 1.44. The molecule has 11 heavy (non-hydrogen) atoms. The lowest BCUT2D eigenvalue weighted by Crippen LogP contribution is -2.47. The molecular weight excluding hydrogens is 140 g/mol. The monoisotopic (exact) mass is 152 g/mol.